The second-order valence-corrected chi connectivity index (χ2v) is 5.67. The average molecular weight is 335 g/mol. The van der Waals surface area contributed by atoms with Gasteiger partial charge in [-0.2, -0.15) is 0 Å². The second kappa shape index (κ2) is 7.61. The van der Waals surface area contributed by atoms with Gasteiger partial charge in [0, 0.05) is 38.0 Å². The Hall–Kier alpha value is -2.16. The summed E-state index contributed by atoms with van der Waals surface area (Å²) >= 11 is 0. The van der Waals surface area contributed by atoms with Crippen molar-refractivity contribution in [1.29, 1.82) is 0 Å². The summed E-state index contributed by atoms with van der Waals surface area (Å²) < 4.78 is 15.6. The number of hydrogen-bond acceptors (Lipinski definition) is 6. The minimum absolute atomic E-state index is 0.0631. The summed E-state index contributed by atoms with van der Waals surface area (Å²) in [5.74, 6) is -0.0682. The Morgan fingerprint density at radius 2 is 2.17 bits per heavy atom. The molecule has 3 rings (SSSR count). The third-order valence-corrected chi connectivity index (χ3v) is 4.04. The van der Waals surface area contributed by atoms with Crippen molar-refractivity contribution >= 4 is 23.4 Å². The topological polar surface area (TPSA) is 89.1 Å². The van der Waals surface area contributed by atoms with Crippen LogP contribution in [-0.2, 0) is 19.0 Å². The Bertz CT molecular complexity index is 592. The maximum atomic E-state index is 11.9. The van der Waals surface area contributed by atoms with Crippen molar-refractivity contribution in [2.45, 2.75) is 18.8 Å². The first-order valence-corrected chi connectivity index (χ1v) is 7.87. The lowest BCUT2D eigenvalue weighted by molar-refractivity contribution is -0.125. The molecule has 2 saturated heterocycles. The number of rotatable bonds is 4. The van der Waals surface area contributed by atoms with Crippen molar-refractivity contribution in [3.8, 4) is 0 Å². The molecule has 1 aromatic rings. The lowest BCUT2D eigenvalue weighted by Crippen LogP contribution is -2.41. The molecule has 8 heteroatoms. The minimum Gasteiger partial charge on any atom is -0.430 e. The van der Waals surface area contributed by atoms with E-state index in [9.17, 15) is 9.59 Å². The predicted molar refractivity (Wildman–Crippen MR) is 86.9 cm³/mol. The van der Waals surface area contributed by atoms with E-state index in [0.29, 0.717) is 31.8 Å². The molecule has 2 aliphatic heterocycles. The molecule has 2 N–H and O–H groups in total. The van der Waals surface area contributed by atoms with Crippen LogP contribution in [-0.4, -0.2) is 57.7 Å². The zero-order valence-corrected chi connectivity index (χ0v) is 13.5. The quantitative estimate of drug-likeness (QED) is 0.851. The highest BCUT2D eigenvalue weighted by atomic mass is 16.6. The largest absolute Gasteiger partial charge is 0.430 e. The van der Waals surface area contributed by atoms with Gasteiger partial charge in [-0.05, 0) is 24.3 Å². The minimum atomic E-state index is -0.528. The molecule has 24 heavy (non-hydrogen) atoms. The molecule has 0 spiro atoms. The van der Waals surface area contributed by atoms with Crippen molar-refractivity contribution in [2.75, 3.05) is 43.6 Å². The van der Waals surface area contributed by atoms with E-state index >= 15 is 0 Å². The van der Waals surface area contributed by atoms with Crippen LogP contribution in [0.5, 0.6) is 0 Å². The maximum absolute atomic E-state index is 11.9. The van der Waals surface area contributed by atoms with Crippen molar-refractivity contribution in [3.63, 3.8) is 0 Å². The van der Waals surface area contributed by atoms with Gasteiger partial charge in [-0.15, -0.1) is 0 Å². The van der Waals surface area contributed by atoms with E-state index in [1.54, 1.807) is 36.3 Å². The molecule has 0 radical (unpaired) electrons. The number of nitrogens with one attached hydrogen (secondary N) is 2. The van der Waals surface area contributed by atoms with E-state index in [-0.39, 0.29) is 24.8 Å². The molecule has 0 aliphatic carbocycles. The highest BCUT2D eigenvalue weighted by molar-refractivity contribution is 5.95. The van der Waals surface area contributed by atoms with Gasteiger partial charge in [0.05, 0.1) is 12.7 Å². The van der Waals surface area contributed by atoms with Gasteiger partial charge in [0.2, 0.25) is 0 Å². The fraction of sp³-hybridized carbons (Fsp3) is 0.500. The van der Waals surface area contributed by atoms with Crippen LogP contribution in [0.4, 0.5) is 16.2 Å². The first kappa shape index (κ1) is 16.7. The summed E-state index contributed by atoms with van der Waals surface area (Å²) in [7, 11) is 1.63. The van der Waals surface area contributed by atoms with Gasteiger partial charge >= 0.3 is 6.09 Å². The number of benzene rings is 1. The number of hydrogen-bond donors (Lipinski definition) is 2. The summed E-state index contributed by atoms with van der Waals surface area (Å²) in [6.45, 7) is 1.82. The standard InChI is InChI=1S/C16H21N3O5/c1-22-13-8-14(17-9-13)24-16(21)18-11-2-4-12(5-3-11)19-6-7-23-10-15(19)20/h2-5,13-14,17H,6-10H2,1H3,(H,18,21)/t13-,14-/m1/s1. The van der Waals surface area contributed by atoms with Crippen LogP contribution in [0.15, 0.2) is 24.3 Å². The summed E-state index contributed by atoms with van der Waals surface area (Å²) in [6.07, 6.45) is -0.185. The van der Waals surface area contributed by atoms with Gasteiger partial charge in [-0.25, -0.2) is 4.79 Å². The van der Waals surface area contributed by atoms with Crippen LogP contribution < -0.4 is 15.5 Å². The van der Waals surface area contributed by atoms with Crippen LogP contribution in [0.3, 0.4) is 0 Å². The zero-order chi connectivity index (χ0) is 16.9. The van der Waals surface area contributed by atoms with Gasteiger partial charge < -0.3 is 19.1 Å². The van der Waals surface area contributed by atoms with E-state index in [1.165, 1.54) is 0 Å². The highest BCUT2D eigenvalue weighted by Crippen LogP contribution is 2.20. The molecular weight excluding hydrogens is 314 g/mol. The zero-order valence-electron chi connectivity index (χ0n) is 13.5. The molecule has 2 heterocycles. The van der Waals surface area contributed by atoms with Gasteiger partial charge in [0.15, 0.2) is 6.23 Å². The Kier molecular flexibility index (Phi) is 5.29. The normalized spacial score (nSPS) is 24.0. The van der Waals surface area contributed by atoms with E-state index in [4.69, 9.17) is 14.2 Å². The predicted octanol–water partition coefficient (Wildman–Crippen LogP) is 0.933. The number of carbonyl (C=O) groups is 2. The number of nitrogens with zero attached hydrogens (tertiary/aromatic N) is 1. The van der Waals surface area contributed by atoms with Crippen molar-refractivity contribution in [1.82, 2.24) is 5.32 Å². The molecule has 130 valence electrons. The highest BCUT2D eigenvalue weighted by Gasteiger charge is 2.26. The van der Waals surface area contributed by atoms with E-state index in [2.05, 4.69) is 10.6 Å². The monoisotopic (exact) mass is 335 g/mol. The Balaban J connectivity index is 1.52. The molecule has 1 aromatic carbocycles. The van der Waals surface area contributed by atoms with Crippen LogP contribution in [0.2, 0.25) is 0 Å². The summed E-state index contributed by atoms with van der Waals surface area (Å²) in [5.41, 5.74) is 1.38. The smallest absolute Gasteiger partial charge is 0.413 e. The lowest BCUT2D eigenvalue weighted by Gasteiger charge is -2.26. The molecule has 2 amide bonds. The Labute approximate surface area is 140 Å². The average Bonchev–Trinajstić information content (AvgIpc) is 3.03. The van der Waals surface area contributed by atoms with Crippen LogP contribution >= 0.6 is 0 Å². The molecule has 2 aliphatic rings. The third kappa shape index (κ3) is 4.02. The van der Waals surface area contributed by atoms with Crippen LogP contribution in [0, 0.1) is 0 Å². The van der Waals surface area contributed by atoms with Crippen molar-refractivity contribution in [2.24, 2.45) is 0 Å². The molecule has 0 unspecified atom stereocenters. The molecule has 2 fully saturated rings. The number of anilines is 2. The molecule has 0 aromatic heterocycles. The van der Waals surface area contributed by atoms with Crippen LogP contribution in [0.25, 0.3) is 0 Å². The second-order valence-electron chi connectivity index (χ2n) is 5.67. The molecule has 8 nitrogen and oxygen atoms in total. The fourth-order valence-corrected chi connectivity index (χ4v) is 2.73. The first-order chi connectivity index (χ1) is 11.7. The molecule has 2 atom stereocenters. The van der Waals surface area contributed by atoms with Gasteiger partial charge in [0.1, 0.15) is 6.61 Å². The Morgan fingerprint density at radius 3 is 2.83 bits per heavy atom. The van der Waals surface area contributed by atoms with Crippen molar-refractivity contribution < 1.29 is 23.8 Å². The SMILES string of the molecule is CO[C@H]1CN[C@H](OC(=O)Nc2ccc(N3CCOCC3=O)cc2)C1. The summed E-state index contributed by atoms with van der Waals surface area (Å²) in [5, 5.41) is 5.74. The number of ether oxygens (including phenoxy) is 3. The fourth-order valence-electron chi connectivity index (χ4n) is 2.73. The van der Waals surface area contributed by atoms with E-state index < -0.39 is 6.09 Å². The third-order valence-electron chi connectivity index (χ3n) is 4.04. The van der Waals surface area contributed by atoms with Gasteiger partial charge in [0.25, 0.3) is 5.91 Å². The first-order valence-electron chi connectivity index (χ1n) is 7.87. The number of amides is 2. The van der Waals surface area contributed by atoms with Gasteiger partial charge in [-0.3, -0.25) is 15.4 Å². The number of carbonyl (C=O) groups excluding carboxylic acids is 2. The molecule has 0 bridgehead atoms. The van der Waals surface area contributed by atoms with Crippen LogP contribution in [0.1, 0.15) is 6.42 Å². The van der Waals surface area contributed by atoms with Crippen molar-refractivity contribution in [3.05, 3.63) is 24.3 Å². The van der Waals surface area contributed by atoms with E-state index in [1.807, 2.05) is 0 Å². The number of methoxy groups -OCH3 is 1. The lowest BCUT2D eigenvalue weighted by atomic mass is 10.2. The molecule has 0 saturated carbocycles. The number of morpholine rings is 1. The Morgan fingerprint density at radius 1 is 1.38 bits per heavy atom. The molecular formula is C16H21N3O5. The summed E-state index contributed by atoms with van der Waals surface area (Å²) in [6, 6.07) is 7.04. The maximum Gasteiger partial charge on any atom is 0.413 e. The van der Waals surface area contributed by atoms with E-state index in [0.717, 1.165) is 5.69 Å². The van der Waals surface area contributed by atoms with Gasteiger partial charge in [-0.1, -0.05) is 0 Å². The summed E-state index contributed by atoms with van der Waals surface area (Å²) in [4.78, 5) is 25.4.